The van der Waals surface area contributed by atoms with Crippen LogP contribution in [0, 0.1) is 11.3 Å². The minimum absolute atomic E-state index is 0.0402. The Hall–Kier alpha value is -1.07. The van der Waals surface area contributed by atoms with Gasteiger partial charge in [-0.1, -0.05) is 26.8 Å². The van der Waals surface area contributed by atoms with Crippen molar-refractivity contribution in [1.82, 2.24) is 4.90 Å². The van der Waals surface area contributed by atoms with Gasteiger partial charge in [0.1, 0.15) is 0 Å². The molecule has 1 aliphatic heterocycles. The Morgan fingerprint density at radius 3 is 2.52 bits per heavy atom. The van der Waals surface area contributed by atoms with E-state index in [9.17, 15) is 13.2 Å². The van der Waals surface area contributed by atoms with Gasteiger partial charge in [0.05, 0.1) is 4.90 Å². The number of halogens is 1. The van der Waals surface area contributed by atoms with Crippen LogP contribution in [0.25, 0.3) is 0 Å². The van der Waals surface area contributed by atoms with Crippen molar-refractivity contribution in [3.05, 3.63) is 29.8 Å². The van der Waals surface area contributed by atoms with Gasteiger partial charge in [0, 0.05) is 29.3 Å². The van der Waals surface area contributed by atoms with E-state index in [-0.39, 0.29) is 16.2 Å². The molecule has 21 heavy (non-hydrogen) atoms. The molecule has 0 radical (unpaired) electrons. The van der Waals surface area contributed by atoms with Gasteiger partial charge in [0.15, 0.2) is 0 Å². The fraction of sp³-hybridized carbons (Fsp3) is 0.533. The molecular weight excluding hydrogens is 310 g/mol. The second-order valence-electron chi connectivity index (χ2n) is 6.57. The van der Waals surface area contributed by atoms with E-state index in [0.717, 1.165) is 6.42 Å². The van der Waals surface area contributed by atoms with Gasteiger partial charge in [-0.15, -0.1) is 0 Å². The molecule has 0 bridgehead atoms. The quantitative estimate of drug-likeness (QED) is 0.783. The summed E-state index contributed by atoms with van der Waals surface area (Å²) in [5.41, 5.74) is 0.530. The molecule has 2 rings (SSSR count). The van der Waals surface area contributed by atoms with Crippen molar-refractivity contribution in [2.24, 2.45) is 11.3 Å². The maximum Gasteiger partial charge on any atom is 0.261 e. The van der Waals surface area contributed by atoms with Crippen LogP contribution in [0.5, 0.6) is 0 Å². The summed E-state index contributed by atoms with van der Waals surface area (Å²) >= 11 is 0. The van der Waals surface area contributed by atoms with Crippen LogP contribution in [0.4, 0.5) is 0 Å². The maximum absolute atomic E-state index is 12.5. The van der Waals surface area contributed by atoms with Crippen molar-refractivity contribution in [2.75, 3.05) is 13.1 Å². The second kappa shape index (κ2) is 5.61. The molecule has 1 fully saturated rings. The topological polar surface area (TPSA) is 54.5 Å². The summed E-state index contributed by atoms with van der Waals surface area (Å²) in [4.78, 5) is 14.2. The molecule has 0 aliphatic carbocycles. The number of nitrogens with zero attached hydrogens (tertiary/aromatic N) is 1. The standard InChI is InChI=1S/C15H20ClNO3S/c1-15(2,3)12-7-8-17(10-12)14(18)11-5-4-6-13(9-11)21(16,19)20/h4-6,9,12H,7-8,10H2,1-3H3. The fourth-order valence-electron chi connectivity index (χ4n) is 2.61. The van der Waals surface area contributed by atoms with Gasteiger partial charge >= 0.3 is 0 Å². The second-order valence-corrected chi connectivity index (χ2v) is 9.13. The van der Waals surface area contributed by atoms with E-state index in [0.29, 0.717) is 24.6 Å². The summed E-state index contributed by atoms with van der Waals surface area (Å²) < 4.78 is 22.7. The molecule has 0 saturated carbocycles. The SMILES string of the molecule is CC(C)(C)C1CCN(C(=O)c2cccc(S(=O)(=O)Cl)c2)C1. The summed E-state index contributed by atoms with van der Waals surface area (Å²) in [5.74, 6) is 0.324. The van der Waals surface area contributed by atoms with Gasteiger partial charge in [-0.3, -0.25) is 4.79 Å². The molecule has 6 heteroatoms. The Morgan fingerprint density at radius 1 is 1.33 bits per heavy atom. The Bertz CT molecular complexity index is 649. The smallest absolute Gasteiger partial charge is 0.261 e. The Kier molecular flexibility index (Phi) is 4.36. The monoisotopic (exact) mass is 329 g/mol. The molecule has 1 unspecified atom stereocenters. The minimum Gasteiger partial charge on any atom is -0.338 e. The lowest BCUT2D eigenvalue weighted by Crippen LogP contribution is -2.31. The van der Waals surface area contributed by atoms with Crippen molar-refractivity contribution < 1.29 is 13.2 Å². The number of carbonyl (C=O) groups excluding carboxylic acids is 1. The molecule has 1 aliphatic rings. The molecule has 1 saturated heterocycles. The van der Waals surface area contributed by atoms with Crippen LogP contribution in [-0.2, 0) is 9.05 Å². The zero-order valence-corrected chi connectivity index (χ0v) is 14.0. The van der Waals surface area contributed by atoms with E-state index < -0.39 is 9.05 Å². The molecular formula is C15H20ClNO3S. The number of carbonyl (C=O) groups is 1. The normalized spacial score (nSPS) is 19.8. The summed E-state index contributed by atoms with van der Waals surface area (Å²) in [6.07, 6.45) is 0.975. The summed E-state index contributed by atoms with van der Waals surface area (Å²) in [6.45, 7) is 7.93. The molecule has 1 aromatic carbocycles. The fourth-order valence-corrected chi connectivity index (χ4v) is 3.41. The Balaban J connectivity index is 2.19. The van der Waals surface area contributed by atoms with Gasteiger partial charge in [-0.2, -0.15) is 0 Å². The maximum atomic E-state index is 12.5. The first-order chi connectivity index (χ1) is 9.59. The molecule has 0 spiro atoms. The van der Waals surface area contributed by atoms with E-state index in [4.69, 9.17) is 10.7 Å². The van der Waals surface area contributed by atoms with Crippen molar-refractivity contribution >= 4 is 25.6 Å². The average Bonchev–Trinajstić information content (AvgIpc) is 2.86. The third-order valence-electron chi connectivity index (χ3n) is 4.06. The third kappa shape index (κ3) is 3.77. The molecule has 116 valence electrons. The van der Waals surface area contributed by atoms with Crippen LogP contribution in [0.1, 0.15) is 37.6 Å². The summed E-state index contributed by atoms with van der Waals surface area (Å²) in [6, 6.07) is 5.90. The molecule has 4 nitrogen and oxygen atoms in total. The van der Waals surface area contributed by atoms with Crippen LogP contribution in [0.3, 0.4) is 0 Å². The third-order valence-corrected chi connectivity index (χ3v) is 5.41. The number of likely N-dealkylation sites (tertiary alicyclic amines) is 1. The molecule has 1 heterocycles. The molecule has 1 atom stereocenters. The Labute approximate surface area is 130 Å². The predicted octanol–water partition coefficient (Wildman–Crippen LogP) is 3.12. The van der Waals surface area contributed by atoms with Gasteiger partial charge in [-0.05, 0) is 36.0 Å². The van der Waals surface area contributed by atoms with Crippen LogP contribution in [-0.4, -0.2) is 32.3 Å². The van der Waals surface area contributed by atoms with Gasteiger partial charge in [-0.25, -0.2) is 8.42 Å². The highest BCUT2D eigenvalue weighted by atomic mass is 35.7. The highest BCUT2D eigenvalue weighted by molar-refractivity contribution is 8.13. The molecule has 1 aromatic rings. The van der Waals surface area contributed by atoms with E-state index in [1.807, 2.05) is 0 Å². The zero-order valence-electron chi connectivity index (χ0n) is 12.5. The molecule has 0 aromatic heterocycles. The average molecular weight is 330 g/mol. The number of benzene rings is 1. The first-order valence-electron chi connectivity index (χ1n) is 6.93. The van der Waals surface area contributed by atoms with E-state index in [1.165, 1.54) is 12.1 Å². The minimum atomic E-state index is -3.81. The van der Waals surface area contributed by atoms with Crippen LogP contribution in [0.2, 0.25) is 0 Å². The van der Waals surface area contributed by atoms with E-state index in [1.54, 1.807) is 17.0 Å². The van der Waals surface area contributed by atoms with Crippen LogP contribution >= 0.6 is 10.7 Å². The lowest BCUT2D eigenvalue weighted by Gasteiger charge is -2.27. The highest BCUT2D eigenvalue weighted by Crippen LogP contribution is 2.34. The van der Waals surface area contributed by atoms with Crippen LogP contribution in [0.15, 0.2) is 29.2 Å². The van der Waals surface area contributed by atoms with E-state index in [2.05, 4.69) is 20.8 Å². The zero-order chi connectivity index (χ0) is 15.8. The highest BCUT2D eigenvalue weighted by Gasteiger charge is 2.34. The van der Waals surface area contributed by atoms with Crippen molar-refractivity contribution in [1.29, 1.82) is 0 Å². The first kappa shape index (κ1) is 16.3. The summed E-state index contributed by atoms with van der Waals surface area (Å²) in [7, 11) is 1.51. The number of rotatable bonds is 2. The van der Waals surface area contributed by atoms with Crippen molar-refractivity contribution in [3.8, 4) is 0 Å². The van der Waals surface area contributed by atoms with Crippen molar-refractivity contribution in [2.45, 2.75) is 32.1 Å². The number of hydrogen-bond acceptors (Lipinski definition) is 3. The van der Waals surface area contributed by atoms with Crippen molar-refractivity contribution in [3.63, 3.8) is 0 Å². The number of amides is 1. The lowest BCUT2D eigenvalue weighted by molar-refractivity contribution is 0.0776. The van der Waals surface area contributed by atoms with Gasteiger partial charge in [0.2, 0.25) is 0 Å². The number of hydrogen-bond donors (Lipinski definition) is 0. The van der Waals surface area contributed by atoms with Gasteiger partial charge < -0.3 is 4.90 Å². The molecule has 1 amide bonds. The van der Waals surface area contributed by atoms with E-state index >= 15 is 0 Å². The summed E-state index contributed by atoms with van der Waals surface area (Å²) in [5, 5.41) is 0. The Morgan fingerprint density at radius 2 is 2.00 bits per heavy atom. The lowest BCUT2D eigenvalue weighted by atomic mass is 9.80. The predicted molar refractivity (Wildman–Crippen MR) is 82.9 cm³/mol. The molecule has 0 N–H and O–H groups in total. The van der Waals surface area contributed by atoms with Gasteiger partial charge in [0.25, 0.3) is 15.0 Å². The van der Waals surface area contributed by atoms with Crippen LogP contribution < -0.4 is 0 Å². The first-order valence-corrected chi connectivity index (χ1v) is 9.24. The largest absolute Gasteiger partial charge is 0.338 e.